The first-order valence-electron chi connectivity index (χ1n) is 4.23. The van der Waals surface area contributed by atoms with Gasteiger partial charge in [0.1, 0.15) is 0 Å². The summed E-state index contributed by atoms with van der Waals surface area (Å²) in [7, 11) is 0. The van der Waals surface area contributed by atoms with Gasteiger partial charge in [-0.15, -0.1) is 0 Å². The molecule has 84 valence electrons. The summed E-state index contributed by atoms with van der Waals surface area (Å²) in [5.74, 6) is -0.413. The van der Waals surface area contributed by atoms with E-state index in [1.165, 1.54) is 13.0 Å². The van der Waals surface area contributed by atoms with Crippen LogP contribution in [0.2, 0.25) is 0 Å². The second-order valence-electron chi connectivity index (χ2n) is 3.05. The highest BCUT2D eigenvalue weighted by Crippen LogP contribution is 2.32. The van der Waals surface area contributed by atoms with Crippen molar-refractivity contribution in [2.45, 2.75) is 13.1 Å². The van der Waals surface area contributed by atoms with E-state index in [-0.39, 0.29) is 5.69 Å². The Morgan fingerprint density at radius 1 is 1.44 bits per heavy atom. The van der Waals surface area contributed by atoms with Crippen molar-refractivity contribution >= 4 is 11.6 Å². The molecule has 16 heavy (non-hydrogen) atoms. The number of anilines is 1. The van der Waals surface area contributed by atoms with Crippen molar-refractivity contribution < 1.29 is 18.0 Å². The molecule has 0 unspecified atom stereocenters. The molecule has 0 heterocycles. The van der Waals surface area contributed by atoms with Crippen LogP contribution in [0.3, 0.4) is 0 Å². The molecule has 1 amide bonds. The van der Waals surface area contributed by atoms with Crippen molar-refractivity contribution in [3.05, 3.63) is 29.3 Å². The minimum Gasteiger partial charge on any atom is -0.326 e. The van der Waals surface area contributed by atoms with Gasteiger partial charge >= 0.3 is 6.18 Å². The van der Waals surface area contributed by atoms with Crippen LogP contribution < -0.4 is 5.32 Å². The Labute approximate surface area is 89.5 Å². The lowest BCUT2D eigenvalue weighted by molar-refractivity contribution is -0.137. The summed E-state index contributed by atoms with van der Waals surface area (Å²) in [6.07, 6.45) is -4.57. The zero-order valence-electron chi connectivity index (χ0n) is 8.22. The van der Waals surface area contributed by atoms with Gasteiger partial charge in [-0.3, -0.25) is 4.79 Å². The molecule has 0 aromatic heterocycles. The first-order chi connectivity index (χ1) is 7.34. The van der Waals surface area contributed by atoms with Crippen molar-refractivity contribution in [3.63, 3.8) is 0 Å². The highest BCUT2D eigenvalue weighted by molar-refractivity contribution is 5.88. The SMILES string of the molecule is CC(=O)Nc1ccc(C(F)(F)F)c(C#N)c1. The summed E-state index contributed by atoms with van der Waals surface area (Å²) in [4.78, 5) is 10.7. The number of amides is 1. The van der Waals surface area contributed by atoms with Crippen LogP contribution >= 0.6 is 0 Å². The normalized spacial score (nSPS) is 10.7. The maximum atomic E-state index is 12.4. The Morgan fingerprint density at radius 3 is 2.50 bits per heavy atom. The van der Waals surface area contributed by atoms with E-state index in [0.717, 1.165) is 18.2 Å². The number of nitriles is 1. The third-order valence-corrected chi connectivity index (χ3v) is 1.77. The molecule has 6 heteroatoms. The number of hydrogen-bond acceptors (Lipinski definition) is 2. The molecule has 0 bridgehead atoms. The van der Waals surface area contributed by atoms with Gasteiger partial charge in [-0.25, -0.2) is 0 Å². The van der Waals surface area contributed by atoms with Crippen LogP contribution in [0.25, 0.3) is 0 Å². The minimum absolute atomic E-state index is 0.164. The van der Waals surface area contributed by atoms with E-state index in [1.807, 2.05) is 0 Å². The highest BCUT2D eigenvalue weighted by Gasteiger charge is 2.33. The molecule has 0 aliphatic carbocycles. The van der Waals surface area contributed by atoms with E-state index in [9.17, 15) is 18.0 Å². The predicted molar refractivity (Wildman–Crippen MR) is 50.5 cm³/mol. The lowest BCUT2D eigenvalue weighted by Gasteiger charge is -2.10. The monoisotopic (exact) mass is 228 g/mol. The summed E-state index contributed by atoms with van der Waals surface area (Å²) < 4.78 is 37.2. The Morgan fingerprint density at radius 2 is 2.06 bits per heavy atom. The van der Waals surface area contributed by atoms with E-state index in [4.69, 9.17) is 5.26 Å². The summed E-state index contributed by atoms with van der Waals surface area (Å²) in [6, 6.07) is 4.30. The van der Waals surface area contributed by atoms with Crippen molar-refractivity contribution in [1.29, 1.82) is 5.26 Å². The average molecular weight is 228 g/mol. The first kappa shape index (κ1) is 12.0. The van der Waals surface area contributed by atoms with Gasteiger partial charge in [0.2, 0.25) is 5.91 Å². The van der Waals surface area contributed by atoms with Crippen molar-refractivity contribution in [2.24, 2.45) is 0 Å². The van der Waals surface area contributed by atoms with Gasteiger partial charge in [-0.05, 0) is 18.2 Å². The molecule has 0 saturated heterocycles. The molecule has 0 aliphatic rings. The molecule has 1 aromatic rings. The zero-order valence-corrected chi connectivity index (χ0v) is 8.22. The molecular formula is C10H7F3N2O. The molecule has 1 rings (SSSR count). The molecule has 1 N–H and O–H groups in total. The molecule has 0 aliphatic heterocycles. The lowest BCUT2D eigenvalue weighted by Crippen LogP contribution is -2.10. The second kappa shape index (κ2) is 4.23. The molecule has 0 fully saturated rings. The molecule has 1 aromatic carbocycles. The Hall–Kier alpha value is -2.03. The summed E-state index contributed by atoms with van der Waals surface area (Å²) in [5, 5.41) is 10.9. The number of benzene rings is 1. The number of carbonyl (C=O) groups excluding carboxylic acids is 1. The Bertz CT molecular complexity index is 460. The van der Waals surface area contributed by atoms with E-state index in [1.54, 1.807) is 0 Å². The quantitative estimate of drug-likeness (QED) is 0.802. The van der Waals surface area contributed by atoms with Crippen LogP contribution in [0.4, 0.5) is 18.9 Å². The van der Waals surface area contributed by atoms with Crippen molar-refractivity contribution in [2.75, 3.05) is 5.32 Å². The molecule has 0 saturated carbocycles. The highest BCUT2D eigenvalue weighted by atomic mass is 19.4. The predicted octanol–water partition coefficient (Wildman–Crippen LogP) is 2.54. The number of nitrogens with one attached hydrogen (secondary N) is 1. The van der Waals surface area contributed by atoms with Crippen LogP contribution in [0.15, 0.2) is 18.2 Å². The van der Waals surface area contributed by atoms with E-state index in [2.05, 4.69) is 5.32 Å². The van der Waals surface area contributed by atoms with Crippen LogP contribution in [-0.2, 0) is 11.0 Å². The standard InChI is InChI=1S/C10H7F3N2O/c1-6(16)15-8-2-3-9(10(11,12)13)7(4-8)5-14/h2-4H,1H3,(H,15,16). The third-order valence-electron chi connectivity index (χ3n) is 1.77. The van der Waals surface area contributed by atoms with Gasteiger partial charge < -0.3 is 5.32 Å². The largest absolute Gasteiger partial charge is 0.417 e. The van der Waals surface area contributed by atoms with E-state index >= 15 is 0 Å². The second-order valence-corrected chi connectivity index (χ2v) is 3.05. The fourth-order valence-electron chi connectivity index (χ4n) is 1.16. The molecule has 0 atom stereocenters. The molecule has 3 nitrogen and oxygen atoms in total. The fraction of sp³-hybridized carbons (Fsp3) is 0.200. The number of halogens is 3. The van der Waals surface area contributed by atoms with Gasteiger partial charge in [0.15, 0.2) is 0 Å². The van der Waals surface area contributed by atoms with Gasteiger partial charge in [0, 0.05) is 12.6 Å². The Kier molecular flexibility index (Phi) is 3.18. The summed E-state index contributed by atoms with van der Waals surface area (Å²) in [6.45, 7) is 1.23. The Balaban J connectivity index is 3.19. The maximum Gasteiger partial charge on any atom is 0.417 e. The van der Waals surface area contributed by atoms with Crippen molar-refractivity contribution in [1.82, 2.24) is 0 Å². The number of hydrogen-bond donors (Lipinski definition) is 1. The summed E-state index contributed by atoms with van der Waals surface area (Å²) >= 11 is 0. The van der Waals surface area contributed by atoms with Crippen LogP contribution in [0.5, 0.6) is 0 Å². The molecule has 0 radical (unpaired) electrons. The van der Waals surface area contributed by atoms with E-state index < -0.39 is 23.2 Å². The number of nitrogens with zero attached hydrogens (tertiary/aromatic N) is 1. The zero-order chi connectivity index (χ0) is 12.3. The smallest absolute Gasteiger partial charge is 0.326 e. The number of alkyl halides is 3. The lowest BCUT2D eigenvalue weighted by atomic mass is 10.1. The van der Waals surface area contributed by atoms with E-state index in [0.29, 0.717) is 0 Å². The minimum atomic E-state index is -4.57. The average Bonchev–Trinajstić information content (AvgIpc) is 2.14. The fourth-order valence-corrected chi connectivity index (χ4v) is 1.16. The molecular weight excluding hydrogens is 221 g/mol. The maximum absolute atomic E-state index is 12.4. The van der Waals surface area contributed by atoms with Gasteiger partial charge in [-0.1, -0.05) is 0 Å². The number of carbonyl (C=O) groups is 1. The van der Waals surface area contributed by atoms with Crippen LogP contribution in [0.1, 0.15) is 18.1 Å². The van der Waals surface area contributed by atoms with Crippen LogP contribution in [-0.4, -0.2) is 5.91 Å². The first-order valence-corrected chi connectivity index (χ1v) is 4.23. The number of rotatable bonds is 1. The topological polar surface area (TPSA) is 52.9 Å². The summed E-state index contributed by atoms with van der Waals surface area (Å²) in [5.41, 5.74) is -1.36. The van der Waals surface area contributed by atoms with Crippen LogP contribution in [0, 0.1) is 11.3 Å². The molecule has 0 spiro atoms. The van der Waals surface area contributed by atoms with Gasteiger partial charge in [0.25, 0.3) is 0 Å². The third kappa shape index (κ3) is 2.73. The van der Waals surface area contributed by atoms with Gasteiger partial charge in [-0.2, -0.15) is 18.4 Å². The van der Waals surface area contributed by atoms with Gasteiger partial charge in [0.05, 0.1) is 17.2 Å². The van der Waals surface area contributed by atoms with Crippen molar-refractivity contribution in [3.8, 4) is 6.07 Å².